The minimum Gasteiger partial charge on any atom is -0.367 e. The molecule has 15 heavy (non-hydrogen) atoms. The molecule has 0 amide bonds. The first-order valence-electron chi connectivity index (χ1n) is 5.05. The molecule has 2 heterocycles. The van der Waals surface area contributed by atoms with E-state index in [9.17, 15) is 0 Å². The van der Waals surface area contributed by atoms with Gasteiger partial charge in [0.2, 0.25) is 0 Å². The number of hydrogen-bond acceptors (Lipinski definition) is 3. The van der Waals surface area contributed by atoms with Crippen LogP contribution < -0.4 is 5.32 Å². The lowest BCUT2D eigenvalue weighted by molar-refractivity contribution is 0.672. The Morgan fingerprint density at radius 2 is 2.40 bits per heavy atom. The highest BCUT2D eigenvalue weighted by Gasteiger charge is 1.98. The topological polar surface area (TPSA) is 69.4 Å². The van der Waals surface area contributed by atoms with Gasteiger partial charge in [-0.1, -0.05) is 0 Å². The first-order chi connectivity index (χ1) is 7.34. The van der Waals surface area contributed by atoms with Gasteiger partial charge < -0.3 is 10.3 Å². The van der Waals surface area contributed by atoms with Crippen molar-refractivity contribution in [3.8, 4) is 0 Å². The Bertz CT molecular complexity index is 390. The summed E-state index contributed by atoms with van der Waals surface area (Å²) in [6.07, 6.45) is 4.77. The highest BCUT2D eigenvalue weighted by molar-refractivity contribution is 5.07. The van der Waals surface area contributed by atoms with Gasteiger partial charge in [0.15, 0.2) is 5.82 Å². The second-order valence-corrected chi connectivity index (χ2v) is 3.48. The van der Waals surface area contributed by atoms with Crippen molar-refractivity contribution >= 4 is 0 Å². The maximum absolute atomic E-state index is 4.23. The Kier molecular flexibility index (Phi) is 3.14. The Balaban J connectivity index is 1.67. The fourth-order valence-corrected chi connectivity index (χ4v) is 1.40. The van der Waals surface area contributed by atoms with Crippen LogP contribution in [0.2, 0.25) is 0 Å². The van der Waals surface area contributed by atoms with E-state index in [2.05, 4.69) is 31.5 Å². The fraction of sp³-hybridized carbons (Fsp3) is 0.400. The molecular formula is C10H15N5. The molecule has 2 aromatic heterocycles. The van der Waals surface area contributed by atoms with Crippen molar-refractivity contribution in [1.82, 2.24) is 25.5 Å². The average molecular weight is 205 g/mol. The van der Waals surface area contributed by atoms with E-state index in [-0.39, 0.29) is 0 Å². The maximum atomic E-state index is 4.23. The summed E-state index contributed by atoms with van der Waals surface area (Å²) < 4.78 is 0. The van der Waals surface area contributed by atoms with Crippen molar-refractivity contribution in [2.75, 3.05) is 6.54 Å². The molecule has 80 valence electrons. The van der Waals surface area contributed by atoms with Crippen LogP contribution in [0.3, 0.4) is 0 Å². The lowest BCUT2D eigenvalue weighted by Crippen LogP contribution is -2.16. The molecule has 0 fully saturated rings. The zero-order valence-corrected chi connectivity index (χ0v) is 8.75. The summed E-state index contributed by atoms with van der Waals surface area (Å²) in [6.45, 7) is 3.68. The number of nitrogens with one attached hydrogen (secondary N) is 3. The van der Waals surface area contributed by atoms with Gasteiger partial charge in [-0.25, -0.2) is 4.98 Å². The summed E-state index contributed by atoms with van der Waals surface area (Å²) in [7, 11) is 0. The van der Waals surface area contributed by atoms with E-state index in [0.717, 1.165) is 31.2 Å². The number of aryl methyl sites for hydroxylation is 1. The minimum absolute atomic E-state index is 0.856. The molecule has 0 saturated heterocycles. The van der Waals surface area contributed by atoms with Gasteiger partial charge in [0.05, 0.1) is 0 Å². The van der Waals surface area contributed by atoms with Crippen LogP contribution in [-0.2, 0) is 13.0 Å². The normalized spacial score (nSPS) is 10.7. The molecule has 0 saturated carbocycles. The summed E-state index contributed by atoms with van der Waals surface area (Å²) in [4.78, 5) is 7.25. The van der Waals surface area contributed by atoms with Gasteiger partial charge in [-0.2, -0.15) is 5.10 Å². The van der Waals surface area contributed by atoms with Crippen molar-refractivity contribution in [3.63, 3.8) is 0 Å². The average Bonchev–Trinajstić information content (AvgIpc) is 2.84. The molecule has 0 unspecified atom stereocenters. The van der Waals surface area contributed by atoms with Crippen LogP contribution in [0.4, 0.5) is 0 Å². The number of H-pyrrole nitrogens is 2. The van der Waals surface area contributed by atoms with Crippen molar-refractivity contribution in [1.29, 1.82) is 0 Å². The standard InChI is InChI=1S/C10H15N5/c1-8-13-10(15-14-8)3-5-12-7-9-2-4-11-6-9/h2,4,6,11-12H,3,5,7H2,1H3,(H,13,14,15). The van der Waals surface area contributed by atoms with E-state index in [1.807, 2.05) is 19.3 Å². The molecule has 2 aromatic rings. The molecule has 3 N–H and O–H groups in total. The zero-order valence-electron chi connectivity index (χ0n) is 8.75. The Morgan fingerprint density at radius 1 is 1.47 bits per heavy atom. The van der Waals surface area contributed by atoms with Crippen LogP contribution in [0.1, 0.15) is 17.2 Å². The lowest BCUT2D eigenvalue weighted by Gasteiger charge is -1.99. The largest absolute Gasteiger partial charge is 0.367 e. The molecule has 0 radical (unpaired) electrons. The van der Waals surface area contributed by atoms with Crippen molar-refractivity contribution in [2.24, 2.45) is 0 Å². The van der Waals surface area contributed by atoms with Gasteiger partial charge in [-0.05, 0) is 18.6 Å². The van der Waals surface area contributed by atoms with Gasteiger partial charge in [0.25, 0.3) is 0 Å². The van der Waals surface area contributed by atoms with Crippen LogP contribution in [-0.4, -0.2) is 26.7 Å². The quantitative estimate of drug-likeness (QED) is 0.632. The molecule has 0 bridgehead atoms. The Labute approximate surface area is 88.3 Å². The third kappa shape index (κ3) is 2.92. The van der Waals surface area contributed by atoms with Gasteiger partial charge in [0, 0.05) is 31.9 Å². The number of aromatic nitrogens is 4. The van der Waals surface area contributed by atoms with Gasteiger partial charge >= 0.3 is 0 Å². The second-order valence-electron chi connectivity index (χ2n) is 3.48. The number of rotatable bonds is 5. The fourth-order valence-electron chi connectivity index (χ4n) is 1.40. The summed E-state index contributed by atoms with van der Waals surface area (Å²) >= 11 is 0. The number of aromatic amines is 2. The molecule has 0 atom stereocenters. The molecule has 2 rings (SSSR count). The maximum Gasteiger partial charge on any atom is 0.151 e. The van der Waals surface area contributed by atoms with Crippen molar-refractivity contribution in [3.05, 3.63) is 35.7 Å². The Hall–Kier alpha value is -1.62. The second kappa shape index (κ2) is 4.75. The smallest absolute Gasteiger partial charge is 0.151 e. The molecule has 5 heteroatoms. The SMILES string of the molecule is Cc1nc(CCNCc2cc[nH]c2)n[nH]1. The van der Waals surface area contributed by atoms with E-state index in [1.54, 1.807) is 0 Å². The summed E-state index contributed by atoms with van der Waals surface area (Å²) in [5.74, 6) is 1.74. The first-order valence-corrected chi connectivity index (χ1v) is 5.05. The summed E-state index contributed by atoms with van der Waals surface area (Å²) in [6, 6.07) is 2.06. The summed E-state index contributed by atoms with van der Waals surface area (Å²) in [5, 5.41) is 10.2. The first kappa shape index (κ1) is 9.92. The highest BCUT2D eigenvalue weighted by atomic mass is 15.2. The summed E-state index contributed by atoms with van der Waals surface area (Å²) in [5.41, 5.74) is 1.26. The predicted molar refractivity (Wildman–Crippen MR) is 57.3 cm³/mol. The van der Waals surface area contributed by atoms with E-state index in [0.29, 0.717) is 0 Å². The number of nitrogens with zero attached hydrogens (tertiary/aromatic N) is 2. The van der Waals surface area contributed by atoms with Crippen LogP contribution in [0, 0.1) is 6.92 Å². The third-order valence-electron chi connectivity index (χ3n) is 2.16. The lowest BCUT2D eigenvalue weighted by atomic mass is 10.3. The monoisotopic (exact) mass is 205 g/mol. The zero-order chi connectivity index (χ0) is 10.5. The van der Waals surface area contributed by atoms with Crippen molar-refractivity contribution < 1.29 is 0 Å². The molecule has 0 aliphatic heterocycles. The van der Waals surface area contributed by atoms with Crippen LogP contribution in [0.5, 0.6) is 0 Å². The third-order valence-corrected chi connectivity index (χ3v) is 2.16. The van der Waals surface area contributed by atoms with E-state index >= 15 is 0 Å². The minimum atomic E-state index is 0.856. The number of hydrogen-bond donors (Lipinski definition) is 3. The van der Waals surface area contributed by atoms with Crippen LogP contribution in [0.25, 0.3) is 0 Å². The predicted octanol–water partition coefficient (Wildman–Crippen LogP) is 0.774. The molecule has 0 aliphatic rings. The van der Waals surface area contributed by atoms with Crippen molar-refractivity contribution in [2.45, 2.75) is 19.9 Å². The van der Waals surface area contributed by atoms with E-state index in [4.69, 9.17) is 0 Å². The molecule has 5 nitrogen and oxygen atoms in total. The van der Waals surface area contributed by atoms with Gasteiger partial charge in [-0.15, -0.1) is 0 Å². The molecule has 0 aromatic carbocycles. The molecule has 0 spiro atoms. The van der Waals surface area contributed by atoms with E-state index < -0.39 is 0 Å². The Morgan fingerprint density at radius 3 is 3.07 bits per heavy atom. The van der Waals surface area contributed by atoms with Gasteiger partial charge in [0.1, 0.15) is 5.82 Å². The highest BCUT2D eigenvalue weighted by Crippen LogP contribution is 1.95. The van der Waals surface area contributed by atoms with Crippen LogP contribution in [0.15, 0.2) is 18.5 Å². The van der Waals surface area contributed by atoms with Gasteiger partial charge in [-0.3, -0.25) is 5.10 Å². The molecular weight excluding hydrogens is 190 g/mol. The van der Waals surface area contributed by atoms with E-state index in [1.165, 1.54) is 5.56 Å². The molecule has 0 aliphatic carbocycles. The van der Waals surface area contributed by atoms with Crippen LogP contribution >= 0.6 is 0 Å².